The molecular weight excluding hydrogens is 316 g/mol. The van der Waals surface area contributed by atoms with Crippen LogP contribution in [0.3, 0.4) is 0 Å². The van der Waals surface area contributed by atoms with Crippen LogP contribution in [0.5, 0.6) is 0 Å². The highest BCUT2D eigenvalue weighted by Crippen LogP contribution is 2.27. The number of anilines is 2. The van der Waals surface area contributed by atoms with Crippen LogP contribution in [0.1, 0.15) is 23.6 Å². The fourth-order valence-electron chi connectivity index (χ4n) is 2.78. The van der Waals surface area contributed by atoms with Crippen LogP contribution in [-0.2, 0) is 16.0 Å². The van der Waals surface area contributed by atoms with Crippen molar-refractivity contribution in [2.45, 2.75) is 27.2 Å². The van der Waals surface area contributed by atoms with E-state index in [0.717, 1.165) is 27.7 Å². The number of carbonyl (C=O) groups is 2. The normalized spacial score (nSPS) is 10.7. The minimum atomic E-state index is -0.154. The van der Waals surface area contributed by atoms with Crippen molar-refractivity contribution < 1.29 is 14.0 Å². The highest BCUT2D eigenvalue weighted by molar-refractivity contribution is 5.97. The van der Waals surface area contributed by atoms with Crippen molar-refractivity contribution in [1.29, 1.82) is 0 Å². The summed E-state index contributed by atoms with van der Waals surface area (Å²) in [5.74, 6) is -0.292. The maximum Gasteiger partial charge on any atom is 0.228 e. The third-order valence-electron chi connectivity index (χ3n) is 4.16. The molecule has 0 bridgehead atoms. The van der Waals surface area contributed by atoms with Crippen molar-refractivity contribution in [3.63, 3.8) is 0 Å². The number of furan rings is 1. The molecule has 2 amide bonds. The van der Waals surface area contributed by atoms with Gasteiger partial charge in [-0.3, -0.25) is 9.59 Å². The lowest BCUT2D eigenvalue weighted by atomic mass is 10.0. The molecule has 25 heavy (non-hydrogen) atoms. The zero-order valence-electron chi connectivity index (χ0n) is 14.5. The summed E-state index contributed by atoms with van der Waals surface area (Å²) >= 11 is 0. The van der Waals surface area contributed by atoms with Gasteiger partial charge >= 0.3 is 0 Å². The molecule has 0 spiro atoms. The summed E-state index contributed by atoms with van der Waals surface area (Å²) in [6, 6.07) is 11.1. The Bertz CT molecular complexity index is 957. The fraction of sp³-hybridized carbons (Fsp3) is 0.200. The topological polar surface area (TPSA) is 71.3 Å². The molecule has 2 aromatic carbocycles. The molecule has 3 rings (SSSR count). The smallest absolute Gasteiger partial charge is 0.228 e. The summed E-state index contributed by atoms with van der Waals surface area (Å²) in [6.45, 7) is 5.49. The summed E-state index contributed by atoms with van der Waals surface area (Å²) in [5.41, 5.74) is 5.21. The van der Waals surface area contributed by atoms with Crippen LogP contribution in [0, 0.1) is 13.8 Å². The van der Waals surface area contributed by atoms with Crippen LogP contribution in [0.2, 0.25) is 0 Å². The van der Waals surface area contributed by atoms with E-state index in [4.69, 9.17) is 4.42 Å². The number of carbonyl (C=O) groups excluding carboxylic acids is 2. The average Bonchev–Trinajstić information content (AvgIpc) is 2.94. The highest BCUT2D eigenvalue weighted by Gasteiger charge is 2.13. The molecule has 0 saturated heterocycles. The van der Waals surface area contributed by atoms with Crippen LogP contribution in [-0.4, -0.2) is 11.8 Å². The molecule has 0 unspecified atom stereocenters. The van der Waals surface area contributed by atoms with Crippen LogP contribution >= 0.6 is 0 Å². The molecule has 5 heteroatoms. The Labute approximate surface area is 146 Å². The van der Waals surface area contributed by atoms with E-state index in [2.05, 4.69) is 10.6 Å². The van der Waals surface area contributed by atoms with Crippen molar-refractivity contribution in [3.05, 3.63) is 59.4 Å². The number of benzene rings is 2. The third-order valence-corrected chi connectivity index (χ3v) is 4.16. The van der Waals surface area contributed by atoms with E-state index in [1.54, 1.807) is 30.5 Å². The predicted octanol–water partition coefficient (Wildman–Crippen LogP) is 4.19. The molecule has 0 aliphatic rings. The lowest BCUT2D eigenvalue weighted by molar-refractivity contribution is -0.115. The van der Waals surface area contributed by atoms with Gasteiger partial charge in [0.2, 0.25) is 11.8 Å². The van der Waals surface area contributed by atoms with Crippen LogP contribution < -0.4 is 10.6 Å². The molecule has 0 radical (unpaired) electrons. The average molecular weight is 336 g/mol. The van der Waals surface area contributed by atoms with E-state index in [1.807, 2.05) is 26.0 Å². The van der Waals surface area contributed by atoms with Gasteiger partial charge in [-0.05, 0) is 43.2 Å². The number of amides is 2. The standard InChI is InChI=1S/C20H20N2O3/c1-12-7-8-18-15(11-25-20(18)13(12)2)9-19(24)22-17-6-4-5-16(10-17)21-14(3)23/h4-8,10-11H,9H2,1-3H3,(H,21,23)(H,22,24). The first kappa shape index (κ1) is 16.8. The Morgan fingerprint density at radius 3 is 2.48 bits per heavy atom. The molecular formula is C20H20N2O3. The number of hydrogen-bond donors (Lipinski definition) is 2. The van der Waals surface area contributed by atoms with Gasteiger partial charge in [0.25, 0.3) is 0 Å². The van der Waals surface area contributed by atoms with Gasteiger partial charge in [0.15, 0.2) is 0 Å². The zero-order chi connectivity index (χ0) is 18.0. The second kappa shape index (κ2) is 6.81. The van der Waals surface area contributed by atoms with Crippen LogP contribution in [0.25, 0.3) is 11.0 Å². The quantitative estimate of drug-likeness (QED) is 0.750. The molecule has 0 aliphatic heterocycles. The van der Waals surface area contributed by atoms with E-state index in [0.29, 0.717) is 11.4 Å². The van der Waals surface area contributed by atoms with E-state index >= 15 is 0 Å². The summed E-state index contributed by atoms with van der Waals surface area (Å²) < 4.78 is 5.65. The summed E-state index contributed by atoms with van der Waals surface area (Å²) in [5, 5.41) is 6.51. The largest absolute Gasteiger partial charge is 0.464 e. The SMILES string of the molecule is CC(=O)Nc1cccc(NC(=O)Cc2coc3c(C)c(C)ccc23)c1. The van der Waals surface area contributed by atoms with E-state index in [9.17, 15) is 9.59 Å². The van der Waals surface area contributed by atoms with Gasteiger partial charge < -0.3 is 15.1 Å². The zero-order valence-corrected chi connectivity index (χ0v) is 14.5. The van der Waals surface area contributed by atoms with Gasteiger partial charge in [0.1, 0.15) is 5.58 Å². The lowest BCUT2D eigenvalue weighted by Crippen LogP contribution is -2.14. The summed E-state index contributed by atoms with van der Waals surface area (Å²) in [6.07, 6.45) is 1.87. The number of aryl methyl sites for hydroxylation is 2. The Balaban J connectivity index is 1.75. The Morgan fingerprint density at radius 2 is 1.76 bits per heavy atom. The van der Waals surface area contributed by atoms with Crippen LogP contribution in [0.4, 0.5) is 11.4 Å². The van der Waals surface area contributed by atoms with E-state index in [-0.39, 0.29) is 18.2 Å². The second-order valence-corrected chi connectivity index (χ2v) is 6.13. The fourth-order valence-corrected chi connectivity index (χ4v) is 2.78. The molecule has 128 valence electrons. The summed E-state index contributed by atoms with van der Waals surface area (Å²) in [4.78, 5) is 23.5. The molecule has 0 atom stereocenters. The van der Waals surface area contributed by atoms with Crippen molar-refractivity contribution in [1.82, 2.24) is 0 Å². The Kier molecular flexibility index (Phi) is 4.57. The minimum Gasteiger partial charge on any atom is -0.464 e. The number of rotatable bonds is 4. The molecule has 1 heterocycles. The van der Waals surface area contributed by atoms with Gasteiger partial charge in [0, 0.05) is 29.2 Å². The molecule has 0 saturated carbocycles. The van der Waals surface area contributed by atoms with Crippen molar-refractivity contribution in [2.24, 2.45) is 0 Å². The number of fused-ring (bicyclic) bond motifs is 1. The van der Waals surface area contributed by atoms with Crippen molar-refractivity contribution in [2.75, 3.05) is 10.6 Å². The van der Waals surface area contributed by atoms with Gasteiger partial charge in [0.05, 0.1) is 12.7 Å². The maximum absolute atomic E-state index is 12.4. The first-order chi connectivity index (χ1) is 11.9. The summed E-state index contributed by atoms with van der Waals surface area (Å²) in [7, 11) is 0. The van der Waals surface area contributed by atoms with Gasteiger partial charge in [-0.2, -0.15) is 0 Å². The molecule has 5 nitrogen and oxygen atoms in total. The molecule has 1 aromatic heterocycles. The Hall–Kier alpha value is -3.08. The number of hydrogen-bond acceptors (Lipinski definition) is 3. The predicted molar refractivity (Wildman–Crippen MR) is 98.8 cm³/mol. The number of nitrogens with one attached hydrogen (secondary N) is 2. The molecule has 0 aliphatic carbocycles. The van der Waals surface area contributed by atoms with Gasteiger partial charge in [-0.25, -0.2) is 0 Å². The second-order valence-electron chi connectivity index (χ2n) is 6.13. The highest BCUT2D eigenvalue weighted by atomic mass is 16.3. The van der Waals surface area contributed by atoms with Crippen LogP contribution in [0.15, 0.2) is 47.1 Å². The van der Waals surface area contributed by atoms with Crippen molar-refractivity contribution >= 4 is 34.2 Å². The molecule has 2 N–H and O–H groups in total. The minimum absolute atomic E-state index is 0.138. The monoisotopic (exact) mass is 336 g/mol. The van der Waals surface area contributed by atoms with Gasteiger partial charge in [-0.15, -0.1) is 0 Å². The molecule has 0 fully saturated rings. The first-order valence-corrected chi connectivity index (χ1v) is 8.08. The van der Waals surface area contributed by atoms with E-state index in [1.165, 1.54) is 6.92 Å². The maximum atomic E-state index is 12.4. The lowest BCUT2D eigenvalue weighted by Gasteiger charge is -2.07. The van der Waals surface area contributed by atoms with E-state index < -0.39 is 0 Å². The van der Waals surface area contributed by atoms with Gasteiger partial charge in [-0.1, -0.05) is 18.2 Å². The molecule has 3 aromatic rings. The van der Waals surface area contributed by atoms with Crippen molar-refractivity contribution in [3.8, 4) is 0 Å². The third kappa shape index (κ3) is 3.71. The Morgan fingerprint density at radius 1 is 1.04 bits per heavy atom. The first-order valence-electron chi connectivity index (χ1n) is 8.08.